The fourth-order valence-corrected chi connectivity index (χ4v) is 0.631. The number of rotatable bonds is 0. The first-order chi connectivity index (χ1) is 3.39. The van der Waals surface area contributed by atoms with Gasteiger partial charge in [0.05, 0.1) is 0 Å². The zero-order valence-corrected chi connectivity index (χ0v) is 9.36. The van der Waals surface area contributed by atoms with Crippen LogP contribution in [0, 0.1) is 6.07 Å². The molecule has 0 unspecified atom stereocenters. The van der Waals surface area contributed by atoms with Crippen molar-refractivity contribution in [3.8, 4) is 0 Å². The summed E-state index contributed by atoms with van der Waals surface area (Å²) >= 11 is 3.29. The molecule has 1 rings (SSSR count). The molecule has 0 saturated carbocycles. The molecule has 0 aromatic heterocycles. The maximum absolute atomic E-state index is 3.29. The fraction of sp³-hybridized carbons (Fsp3) is 0. The molecule has 0 saturated heterocycles. The second-order valence-corrected chi connectivity index (χ2v) is 2.13. The summed E-state index contributed by atoms with van der Waals surface area (Å²) in [7, 11) is 0. The van der Waals surface area contributed by atoms with Crippen LogP contribution in [0.3, 0.4) is 0 Å². The Kier molecular flexibility index (Phi) is 9.89. The first-order valence-electron chi connectivity index (χ1n) is 2.01. The molecule has 0 fully saturated rings. The molecule has 0 radical (unpaired) electrons. The molecule has 3 heteroatoms. The van der Waals surface area contributed by atoms with Gasteiger partial charge < -0.3 is 17.0 Å². The van der Waals surface area contributed by atoms with Gasteiger partial charge in [0.2, 0.25) is 0 Å². The average molecular weight is 260 g/mol. The molecule has 0 atom stereocenters. The zero-order valence-electron chi connectivity index (χ0n) is 4.77. The molecule has 0 spiro atoms. The van der Waals surface area contributed by atoms with Gasteiger partial charge in [-0.2, -0.15) is 30.3 Å². The van der Waals surface area contributed by atoms with Gasteiger partial charge in [-0.05, 0) is 0 Å². The van der Waals surface area contributed by atoms with Crippen molar-refractivity contribution in [3.63, 3.8) is 0 Å². The topological polar surface area (TPSA) is 0 Å². The third-order valence-electron chi connectivity index (χ3n) is 0.678. The molecule has 44 valence electrons. The maximum atomic E-state index is 3.29. The summed E-state index contributed by atoms with van der Waals surface area (Å²) in [6, 6.07) is 10.5. The average Bonchev–Trinajstić information content (AvgIpc) is 1.69. The van der Waals surface area contributed by atoms with Crippen LogP contribution in [0.5, 0.6) is 0 Å². The van der Waals surface area contributed by atoms with Crippen LogP contribution < -0.4 is 17.0 Å². The van der Waals surface area contributed by atoms with E-state index in [1.807, 2.05) is 24.3 Å². The number of halogens is 2. The van der Waals surface area contributed by atoms with Crippen LogP contribution in [0.4, 0.5) is 0 Å². The van der Waals surface area contributed by atoms with Crippen molar-refractivity contribution in [2.45, 2.75) is 0 Å². The molecular weight excluding hydrogens is 256 g/mol. The molecule has 1 aromatic rings. The molecule has 0 bridgehead atoms. The van der Waals surface area contributed by atoms with Crippen molar-refractivity contribution >= 4 is 39.0 Å². The Bertz CT molecular complexity index is 141. The summed E-state index contributed by atoms with van der Waals surface area (Å²) in [6.07, 6.45) is 0. The molecule has 0 aliphatic rings. The van der Waals surface area contributed by atoms with Gasteiger partial charge in [-0.1, -0.05) is 20.4 Å². The van der Waals surface area contributed by atoms with E-state index in [9.17, 15) is 0 Å². The molecule has 0 aliphatic carbocycles. The van der Waals surface area contributed by atoms with E-state index in [1.165, 1.54) is 0 Å². The minimum absolute atomic E-state index is 0. The van der Waals surface area contributed by atoms with E-state index >= 15 is 0 Å². The standard InChI is InChI=1S/C6H4Br.BrH.Mg/c7-6-4-2-1-3-5-6;;/h2-5H;1H;/q-1;;+2/p-1. The van der Waals surface area contributed by atoms with E-state index in [1.54, 1.807) is 0 Å². The van der Waals surface area contributed by atoms with Crippen LogP contribution in [0.2, 0.25) is 0 Å². The molecule has 0 nitrogen and oxygen atoms in total. The van der Waals surface area contributed by atoms with Crippen LogP contribution >= 0.6 is 15.9 Å². The smallest absolute Gasteiger partial charge is 1.00 e. The first kappa shape index (κ1) is 12.6. The Labute approximate surface area is 90.1 Å². The van der Waals surface area contributed by atoms with E-state index < -0.39 is 0 Å². The molecule has 9 heavy (non-hydrogen) atoms. The number of benzene rings is 1. The van der Waals surface area contributed by atoms with Crippen LogP contribution in [-0.2, 0) is 0 Å². The van der Waals surface area contributed by atoms with Gasteiger partial charge in [0, 0.05) is 0 Å². The number of hydrogen-bond donors (Lipinski definition) is 0. The molecule has 0 amide bonds. The summed E-state index contributed by atoms with van der Waals surface area (Å²) in [6.45, 7) is 0. The summed E-state index contributed by atoms with van der Waals surface area (Å²) in [5.74, 6) is 0. The summed E-state index contributed by atoms with van der Waals surface area (Å²) in [5.41, 5.74) is 0. The zero-order chi connectivity index (χ0) is 5.11. The Hall–Kier alpha value is 0.946. The SMILES string of the molecule is Brc1cc[c-]cc1.[Br-].[Mg+2]. The summed E-state index contributed by atoms with van der Waals surface area (Å²) < 4.78 is 1.10. The fourth-order valence-electron chi connectivity index (χ4n) is 0.367. The monoisotopic (exact) mass is 258 g/mol. The van der Waals surface area contributed by atoms with Gasteiger partial charge in [0.15, 0.2) is 0 Å². The van der Waals surface area contributed by atoms with Gasteiger partial charge in [-0.15, -0.1) is 0 Å². The van der Waals surface area contributed by atoms with E-state index in [0.29, 0.717) is 0 Å². The second kappa shape index (κ2) is 7.06. The van der Waals surface area contributed by atoms with Crippen molar-refractivity contribution in [1.82, 2.24) is 0 Å². The van der Waals surface area contributed by atoms with Crippen molar-refractivity contribution < 1.29 is 17.0 Å². The third kappa shape index (κ3) is 5.39. The molecule has 0 N–H and O–H groups in total. The Morgan fingerprint density at radius 3 is 1.89 bits per heavy atom. The Balaban J connectivity index is 0. The van der Waals surface area contributed by atoms with Crippen molar-refractivity contribution in [3.05, 3.63) is 34.8 Å². The first-order valence-corrected chi connectivity index (χ1v) is 2.80. The van der Waals surface area contributed by atoms with Gasteiger partial charge in [-0.3, -0.25) is 0 Å². The van der Waals surface area contributed by atoms with E-state index in [0.717, 1.165) is 4.47 Å². The Morgan fingerprint density at radius 2 is 1.67 bits per heavy atom. The predicted octanol–water partition coefficient (Wildman–Crippen LogP) is -1.13. The maximum Gasteiger partial charge on any atom is 2.00 e. The third-order valence-corrected chi connectivity index (χ3v) is 1.21. The van der Waals surface area contributed by atoms with Gasteiger partial charge in [0.25, 0.3) is 0 Å². The van der Waals surface area contributed by atoms with Crippen molar-refractivity contribution in [2.75, 3.05) is 0 Å². The summed E-state index contributed by atoms with van der Waals surface area (Å²) in [4.78, 5) is 0. The van der Waals surface area contributed by atoms with Crippen molar-refractivity contribution in [1.29, 1.82) is 0 Å². The largest absolute Gasteiger partial charge is 2.00 e. The van der Waals surface area contributed by atoms with Crippen LogP contribution in [0.1, 0.15) is 0 Å². The van der Waals surface area contributed by atoms with E-state index in [4.69, 9.17) is 0 Å². The number of hydrogen-bond acceptors (Lipinski definition) is 0. The molecule has 1 aromatic carbocycles. The Morgan fingerprint density at radius 1 is 1.22 bits per heavy atom. The quantitative estimate of drug-likeness (QED) is 0.409. The molecular formula is C6H4Br2Mg. The van der Waals surface area contributed by atoms with Gasteiger partial charge >= 0.3 is 23.1 Å². The van der Waals surface area contributed by atoms with Gasteiger partial charge in [-0.25, -0.2) is 0 Å². The predicted molar refractivity (Wildman–Crippen MR) is 38.7 cm³/mol. The van der Waals surface area contributed by atoms with Crippen LogP contribution in [0.25, 0.3) is 0 Å². The summed E-state index contributed by atoms with van der Waals surface area (Å²) in [5, 5.41) is 0. The van der Waals surface area contributed by atoms with Crippen LogP contribution in [-0.4, -0.2) is 23.1 Å². The molecule has 0 aliphatic heterocycles. The van der Waals surface area contributed by atoms with Gasteiger partial charge in [0.1, 0.15) is 0 Å². The molecule has 0 heterocycles. The minimum atomic E-state index is 0. The van der Waals surface area contributed by atoms with Crippen molar-refractivity contribution in [2.24, 2.45) is 0 Å². The van der Waals surface area contributed by atoms with E-state index in [-0.39, 0.29) is 40.0 Å². The second-order valence-electron chi connectivity index (χ2n) is 1.22. The van der Waals surface area contributed by atoms with E-state index in [2.05, 4.69) is 22.0 Å². The normalized spacial score (nSPS) is 6.78. The minimum Gasteiger partial charge on any atom is -1.00 e. The van der Waals surface area contributed by atoms with Crippen LogP contribution in [0.15, 0.2) is 28.7 Å².